The quantitative estimate of drug-likeness (QED) is 0.601. The smallest absolute Gasteiger partial charge is 0.410 e. The summed E-state index contributed by atoms with van der Waals surface area (Å²) in [6.07, 6.45) is 2.71. The number of nitrogens with one attached hydrogen (secondary N) is 1. The second-order valence-electron chi connectivity index (χ2n) is 9.02. The first-order chi connectivity index (χ1) is 14.3. The number of nitrogens with zero attached hydrogens (tertiary/aromatic N) is 1. The van der Waals surface area contributed by atoms with Gasteiger partial charge in [-0.05, 0) is 63.4 Å². The summed E-state index contributed by atoms with van der Waals surface area (Å²) in [6.45, 7) is 6.57. The van der Waals surface area contributed by atoms with E-state index in [1.54, 1.807) is 4.90 Å². The van der Waals surface area contributed by atoms with Crippen molar-refractivity contribution in [2.45, 2.75) is 44.6 Å². The van der Waals surface area contributed by atoms with Crippen LogP contribution in [-0.2, 0) is 10.2 Å². The number of aromatic nitrogens is 1. The summed E-state index contributed by atoms with van der Waals surface area (Å²) in [4.78, 5) is 31.3. The van der Waals surface area contributed by atoms with Gasteiger partial charge in [-0.1, -0.05) is 30.3 Å². The number of Topliss-reactive ketones (excluding diaryl/α,β-unsaturated/α-hetero) is 1. The second-order valence-corrected chi connectivity index (χ2v) is 9.02. The second kappa shape index (κ2) is 7.63. The van der Waals surface area contributed by atoms with Gasteiger partial charge < -0.3 is 14.6 Å². The normalized spacial score (nSPS) is 16.4. The molecule has 5 nitrogen and oxygen atoms in total. The molecule has 156 valence electrons. The Morgan fingerprint density at radius 3 is 2.37 bits per heavy atom. The molecule has 1 N–H and O–H groups in total. The lowest BCUT2D eigenvalue weighted by molar-refractivity contribution is 0.0162. The van der Waals surface area contributed by atoms with Crippen LogP contribution in [0.3, 0.4) is 0 Å². The first kappa shape index (κ1) is 20.2. The summed E-state index contributed by atoms with van der Waals surface area (Å²) in [6, 6.07) is 17.7. The van der Waals surface area contributed by atoms with E-state index in [1.165, 1.54) is 0 Å². The molecule has 0 bridgehead atoms. The molecule has 0 radical (unpaired) electrons. The average molecular weight is 405 g/mol. The van der Waals surface area contributed by atoms with Crippen molar-refractivity contribution >= 4 is 22.8 Å². The number of hydrogen-bond acceptors (Lipinski definition) is 3. The molecule has 3 aromatic rings. The van der Waals surface area contributed by atoms with Crippen LogP contribution in [0.25, 0.3) is 10.9 Å². The van der Waals surface area contributed by atoms with Gasteiger partial charge in [-0.3, -0.25) is 4.79 Å². The molecule has 1 aliphatic rings. The van der Waals surface area contributed by atoms with Gasteiger partial charge in [0.05, 0.1) is 5.41 Å². The molecule has 1 aromatic heterocycles. The molecule has 1 aliphatic heterocycles. The van der Waals surface area contributed by atoms with E-state index < -0.39 is 11.0 Å². The minimum absolute atomic E-state index is 0.112. The molecule has 0 unspecified atom stereocenters. The fraction of sp³-hybridized carbons (Fsp3) is 0.360. The number of carbonyl (C=O) groups excluding carboxylic acids is 2. The van der Waals surface area contributed by atoms with Crippen LogP contribution in [0, 0.1) is 0 Å². The number of rotatable bonds is 3. The number of hydrogen-bond donors (Lipinski definition) is 1. The number of benzene rings is 2. The summed E-state index contributed by atoms with van der Waals surface area (Å²) < 4.78 is 5.53. The third-order valence-electron chi connectivity index (χ3n) is 5.85. The van der Waals surface area contributed by atoms with Crippen LogP contribution in [-0.4, -0.2) is 40.5 Å². The lowest BCUT2D eigenvalue weighted by Gasteiger charge is -2.41. The van der Waals surface area contributed by atoms with Gasteiger partial charge in [0.25, 0.3) is 0 Å². The van der Waals surface area contributed by atoms with Crippen LogP contribution in [0.2, 0.25) is 0 Å². The van der Waals surface area contributed by atoms with E-state index in [2.05, 4.69) is 4.98 Å². The van der Waals surface area contributed by atoms with Crippen molar-refractivity contribution in [3.63, 3.8) is 0 Å². The fourth-order valence-corrected chi connectivity index (χ4v) is 4.27. The lowest BCUT2D eigenvalue weighted by atomic mass is 9.68. The number of piperidine rings is 1. The topological polar surface area (TPSA) is 62.4 Å². The van der Waals surface area contributed by atoms with Gasteiger partial charge >= 0.3 is 6.09 Å². The zero-order valence-electron chi connectivity index (χ0n) is 17.8. The Kier molecular flexibility index (Phi) is 5.14. The minimum Gasteiger partial charge on any atom is -0.444 e. The maximum absolute atomic E-state index is 13.8. The number of fused-ring (bicyclic) bond motifs is 1. The third kappa shape index (κ3) is 3.84. The maximum Gasteiger partial charge on any atom is 0.410 e. The number of carbonyl (C=O) groups is 2. The lowest BCUT2D eigenvalue weighted by Crippen LogP contribution is -2.50. The molecule has 2 heterocycles. The minimum atomic E-state index is -0.649. The summed E-state index contributed by atoms with van der Waals surface area (Å²) in [7, 11) is 0. The molecule has 5 heteroatoms. The summed E-state index contributed by atoms with van der Waals surface area (Å²) in [5.41, 5.74) is 1.54. The molecule has 0 spiro atoms. The summed E-state index contributed by atoms with van der Waals surface area (Å²) in [5, 5.41) is 1.02. The summed E-state index contributed by atoms with van der Waals surface area (Å²) >= 11 is 0. The Balaban J connectivity index is 1.64. The fourth-order valence-electron chi connectivity index (χ4n) is 4.27. The SMILES string of the molecule is CC(C)(C)OC(=O)N1CCC(C(=O)c2ccc3[nH]ccc3c2)(c2ccccc2)CC1. The zero-order valence-corrected chi connectivity index (χ0v) is 17.8. The molecule has 1 saturated heterocycles. The first-order valence-electron chi connectivity index (χ1n) is 10.4. The van der Waals surface area contributed by atoms with E-state index in [-0.39, 0.29) is 11.9 Å². The van der Waals surface area contributed by atoms with Crippen LogP contribution >= 0.6 is 0 Å². The van der Waals surface area contributed by atoms with Crippen LogP contribution in [0.15, 0.2) is 60.8 Å². The van der Waals surface area contributed by atoms with E-state index in [1.807, 2.05) is 81.6 Å². The van der Waals surface area contributed by atoms with E-state index in [0.29, 0.717) is 31.5 Å². The molecule has 0 atom stereocenters. The number of amides is 1. The first-order valence-corrected chi connectivity index (χ1v) is 10.4. The van der Waals surface area contributed by atoms with Gasteiger partial charge in [-0.2, -0.15) is 0 Å². The van der Waals surface area contributed by atoms with E-state index in [9.17, 15) is 9.59 Å². The third-order valence-corrected chi connectivity index (χ3v) is 5.85. The Labute approximate surface area is 177 Å². The van der Waals surface area contributed by atoms with Gasteiger partial charge in [-0.15, -0.1) is 0 Å². The van der Waals surface area contributed by atoms with Crippen LogP contribution < -0.4 is 0 Å². The Morgan fingerprint density at radius 1 is 1.00 bits per heavy atom. The number of aromatic amines is 1. The van der Waals surface area contributed by atoms with E-state index in [4.69, 9.17) is 4.74 Å². The van der Waals surface area contributed by atoms with Crippen molar-refractivity contribution in [1.82, 2.24) is 9.88 Å². The Bertz CT molecular complexity index is 1050. The number of likely N-dealkylation sites (tertiary alicyclic amines) is 1. The molecule has 0 saturated carbocycles. The molecule has 2 aromatic carbocycles. The standard InChI is InChI=1S/C25H28N2O3/c1-24(2,3)30-23(29)27-15-12-25(13-16-27,20-7-5-4-6-8-20)22(28)19-9-10-21-18(17-19)11-14-26-21/h4-11,14,17,26H,12-13,15-16H2,1-3H3. The molecule has 1 amide bonds. The van der Waals surface area contributed by atoms with Gasteiger partial charge in [0.2, 0.25) is 0 Å². The van der Waals surface area contributed by atoms with Crippen LogP contribution in [0.1, 0.15) is 49.5 Å². The predicted octanol–water partition coefficient (Wildman–Crippen LogP) is 5.32. The van der Waals surface area contributed by atoms with Crippen molar-refractivity contribution in [3.05, 3.63) is 71.9 Å². The van der Waals surface area contributed by atoms with Crippen molar-refractivity contribution in [3.8, 4) is 0 Å². The van der Waals surface area contributed by atoms with Crippen molar-refractivity contribution in [1.29, 1.82) is 0 Å². The highest BCUT2D eigenvalue weighted by molar-refractivity contribution is 6.06. The molecule has 4 rings (SSSR count). The van der Waals surface area contributed by atoms with Crippen LogP contribution in [0.4, 0.5) is 4.79 Å². The monoisotopic (exact) mass is 404 g/mol. The Hall–Kier alpha value is -3.08. The van der Waals surface area contributed by atoms with E-state index >= 15 is 0 Å². The Morgan fingerprint density at radius 2 is 1.70 bits per heavy atom. The zero-order chi connectivity index (χ0) is 21.4. The van der Waals surface area contributed by atoms with E-state index in [0.717, 1.165) is 16.5 Å². The molecule has 1 fully saturated rings. The number of ketones is 1. The highest BCUT2D eigenvalue weighted by atomic mass is 16.6. The van der Waals surface area contributed by atoms with Gasteiger partial charge in [0.15, 0.2) is 5.78 Å². The molecular formula is C25H28N2O3. The van der Waals surface area contributed by atoms with Crippen molar-refractivity contribution in [2.24, 2.45) is 0 Å². The molecule has 30 heavy (non-hydrogen) atoms. The summed E-state index contributed by atoms with van der Waals surface area (Å²) in [5.74, 6) is 0.112. The van der Waals surface area contributed by atoms with Crippen molar-refractivity contribution in [2.75, 3.05) is 13.1 Å². The van der Waals surface area contributed by atoms with Gasteiger partial charge in [0, 0.05) is 35.8 Å². The maximum atomic E-state index is 13.8. The van der Waals surface area contributed by atoms with Crippen LogP contribution in [0.5, 0.6) is 0 Å². The van der Waals surface area contributed by atoms with Gasteiger partial charge in [-0.25, -0.2) is 4.79 Å². The van der Waals surface area contributed by atoms with Gasteiger partial charge in [0.1, 0.15) is 5.60 Å². The number of ether oxygens (including phenoxy) is 1. The highest BCUT2D eigenvalue weighted by Crippen LogP contribution is 2.39. The number of H-pyrrole nitrogens is 1. The molecular weight excluding hydrogens is 376 g/mol. The predicted molar refractivity (Wildman–Crippen MR) is 118 cm³/mol. The largest absolute Gasteiger partial charge is 0.444 e. The highest BCUT2D eigenvalue weighted by Gasteiger charge is 2.44. The molecule has 0 aliphatic carbocycles. The van der Waals surface area contributed by atoms with Crippen molar-refractivity contribution < 1.29 is 14.3 Å². The average Bonchev–Trinajstić information content (AvgIpc) is 3.20.